The van der Waals surface area contributed by atoms with E-state index in [1.165, 1.54) is 11.1 Å². The molecule has 1 aromatic carbocycles. The first-order valence-corrected chi connectivity index (χ1v) is 6.30. The fraction of sp³-hybridized carbons (Fsp3) is 0.400. The highest BCUT2D eigenvalue weighted by molar-refractivity contribution is 5.61. The van der Waals surface area contributed by atoms with Crippen molar-refractivity contribution in [3.63, 3.8) is 0 Å². The Morgan fingerprint density at radius 2 is 1.78 bits per heavy atom. The lowest BCUT2D eigenvalue weighted by Gasteiger charge is -2.18. The van der Waals surface area contributed by atoms with Crippen LogP contribution in [-0.4, -0.2) is 16.8 Å². The Morgan fingerprint density at radius 1 is 1.11 bits per heavy atom. The highest BCUT2D eigenvalue weighted by Crippen LogP contribution is 2.25. The van der Waals surface area contributed by atoms with Gasteiger partial charge in [0, 0.05) is 0 Å². The van der Waals surface area contributed by atoms with Crippen LogP contribution in [0.5, 0.6) is 0 Å². The zero-order chi connectivity index (χ0) is 13.2. The lowest BCUT2D eigenvalue weighted by molar-refractivity contribution is -0.750. The quantitative estimate of drug-likeness (QED) is 0.800. The van der Waals surface area contributed by atoms with Crippen LogP contribution in [0.1, 0.15) is 26.3 Å². The van der Waals surface area contributed by atoms with Gasteiger partial charge in [0.2, 0.25) is 6.20 Å². The third-order valence-electron chi connectivity index (χ3n) is 3.11. The summed E-state index contributed by atoms with van der Waals surface area (Å²) in [5.41, 5.74) is 3.86. The molecule has 0 fully saturated rings. The van der Waals surface area contributed by atoms with E-state index in [4.69, 9.17) is 5.11 Å². The fourth-order valence-electron chi connectivity index (χ4n) is 1.95. The number of aromatic nitrogens is 2. The summed E-state index contributed by atoms with van der Waals surface area (Å²) in [7, 11) is 0. The fourth-order valence-corrected chi connectivity index (χ4v) is 1.95. The summed E-state index contributed by atoms with van der Waals surface area (Å²) in [6.45, 7) is 7.39. The molecule has 0 aliphatic rings. The number of nitrogens with one attached hydrogen (secondary N) is 1. The molecule has 0 amide bonds. The predicted octanol–water partition coefficient (Wildman–Crippen LogP) is 2.26. The van der Waals surface area contributed by atoms with Gasteiger partial charge in [0.1, 0.15) is 6.61 Å². The normalized spacial score (nSPS) is 11.8. The van der Waals surface area contributed by atoms with Crippen molar-refractivity contribution in [2.75, 3.05) is 6.61 Å². The highest BCUT2D eigenvalue weighted by Gasteiger charge is 2.14. The van der Waals surface area contributed by atoms with Crippen molar-refractivity contribution in [2.24, 2.45) is 0 Å². The Kier molecular flexibility index (Phi) is 3.53. The molecular formula is C15H21N2O+. The Morgan fingerprint density at radius 3 is 2.33 bits per heavy atom. The second-order valence-electron chi connectivity index (χ2n) is 5.60. The molecule has 1 aromatic heterocycles. The van der Waals surface area contributed by atoms with E-state index in [0.29, 0.717) is 6.54 Å². The van der Waals surface area contributed by atoms with Crippen LogP contribution in [0.2, 0.25) is 0 Å². The molecule has 3 heteroatoms. The molecular weight excluding hydrogens is 224 g/mol. The first-order chi connectivity index (χ1) is 8.50. The maximum Gasteiger partial charge on any atom is 0.203 e. The molecule has 0 saturated heterocycles. The molecule has 18 heavy (non-hydrogen) atoms. The van der Waals surface area contributed by atoms with E-state index in [1.807, 2.05) is 17.1 Å². The minimum absolute atomic E-state index is 0.146. The number of rotatable bonds is 3. The molecule has 1 heterocycles. The predicted molar refractivity (Wildman–Crippen MR) is 72.2 cm³/mol. The van der Waals surface area contributed by atoms with Gasteiger partial charge >= 0.3 is 0 Å². The lowest BCUT2D eigenvalue weighted by atomic mass is 9.86. The third-order valence-corrected chi connectivity index (χ3v) is 3.11. The highest BCUT2D eigenvalue weighted by atomic mass is 16.3. The Labute approximate surface area is 108 Å². The van der Waals surface area contributed by atoms with E-state index in [9.17, 15) is 0 Å². The smallest absolute Gasteiger partial charge is 0.203 e. The van der Waals surface area contributed by atoms with Crippen LogP contribution >= 0.6 is 0 Å². The van der Waals surface area contributed by atoms with Gasteiger partial charge in [0.25, 0.3) is 0 Å². The van der Waals surface area contributed by atoms with Crippen LogP contribution in [0.15, 0.2) is 36.7 Å². The molecule has 0 spiro atoms. The monoisotopic (exact) mass is 245 g/mol. The number of hydrogen-bond donors (Lipinski definition) is 2. The van der Waals surface area contributed by atoms with Crippen LogP contribution in [0.3, 0.4) is 0 Å². The van der Waals surface area contributed by atoms with Gasteiger partial charge in [0.15, 0.2) is 6.54 Å². The summed E-state index contributed by atoms with van der Waals surface area (Å²) in [5, 5.41) is 12.0. The molecule has 96 valence electrons. The molecule has 0 radical (unpaired) electrons. The van der Waals surface area contributed by atoms with Gasteiger partial charge in [-0.15, -0.1) is 4.68 Å². The number of aromatic amines is 1. The lowest BCUT2D eigenvalue weighted by Crippen LogP contribution is -2.36. The van der Waals surface area contributed by atoms with E-state index in [1.54, 1.807) is 0 Å². The second-order valence-corrected chi connectivity index (χ2v) is 5.60. The zero-order valence-electron chi connectivity index (χ0n) is 11.3. The summed E-state index contributed by atoms with van der Waals surface area (Å²) in [6, 6.07) is 8.65. The molecule has 2 N–H and O–H groups in total. The number of aliphatic hydroxyl groups is 1. The summed E-state index contributed by atoms with van der Waals surface area (Å²) in [6.07, 6.45) is 3.98. The van der Waals surface area contributed by atoms with Crippen molar-refractivity contribution >= 4 is 0 Å². The minimum Gasteiger partial charge on any atom is -0.390 e. The summed E-state index contributed by atoms with van der Waals surface area (Å²) < 4.78 is 1.88. The SMILES string of the molecule is CC(C)(C)c1ccc(-c2c[nH][n+](CCO)c2)cc1. The number of hydrogen-bond acceptors (Lipinski definition) is 1. The van der Waals surface area contributed by atoms with Gasteiger partial charge in [-0.2, -0.15) is 5.10 Å². The van der Waals surface area contributed by atoms with E-state index >= 15 is 0 Å². The molecule has 0 atom stereocenters. The Balaban J connectivity index is 2.23. The first kappa shape index (κ1) is 12.8. The van der Waals surface area contributed by atoms with E-state index in [-0.39, 0.29) is 12.0 Å². The molecule has 2 aromatic rings. The Bertz CT molecular complexity index is 506. The van der Waals surface area contributed by atoms with Gasteiger partial charge in [-0.3, -0.25) is 0 Å². The molecule has 0 saturated carbocycles. The average molecular weight is 245 g/mol. The summed E-state index contributed by atoms with van der Waals surface area (Å²) in [5.74, 6) is 0. The largest absolute Gasteiger partial charge is 0.390 e. The molecule has 0 aliphatic carbocycles. The average Bonchev–Trinajstić information content (AvgIpc) is 2.77. The number of H-pyrrole nitrogens is 1. The third kappa shape index (κ3) is 2.79. The van der Waals surface area contributed by atoms with E-state index < -0.39 is 0 Å². The Hall–Kier alpha value is -1.61. The van der Waals surface area contributed by atoms with Crippen LogP contribution in [0.4, 0.5) is 0 Å². The van der Waals surface area contributed by atoms with Crippen molar-refractivity contribution in [2.45, 2.75) is 32.7 Å². The molecule has 3 nitrogen and oxygen atoms in total. The summed E-state index contributed by atoms with van der Waals surface area (Å²) >= 11 is 0. The van der Waals surface area contributed by atoms with Crippen molar-refractivity contribution in [3.8, 4) is 11.1 Å². The number of benzene rings is 1. The van der Waals surface area contributed by atoms with Crippen molar-refractivity contribution in [3.05, 3.63) is 42.2 Å². The topological polar surface area (TPSA) is 39.9 Å². The van der Waals surface area contributed by atoms with Crippen molar-refractivity contribution < 1.29 is 9.79 Å². The first-order valence-electron chi connectivity index (χ1n) is 6.30. The van der Waals surface area contributed by atoms with E-state index in [0.717, 1.165) is 5.56 Å². The van der Waals surface area contributed by atoms with Crippen LogP contribution in [-0.2, 0) is 12.0 Å². The second kappa shape index (κ2) is 4.94. The number of nitrogens with zero attached hydrogens (tertiary/aromatic N) is 1. The summed E-state index contributed by atoms with van der Waals surface area (Å²) in [4.78, 5) is 0. The zero-order valence-corrected chi connectivity index (χ0v) is 11.3. The van der Waals surface area contributed by atoms with Gasteiger partial charge in [-0.25, -0.2) is 0 Å². The van der Waals surface area contributed by atoms with Crippen LogP contribution in [0, 0.1) is 0 Å². The number of aliphatic hydroxyl groups excluding tert-OH is 1. The van der Waals surface area contributed by atoms with Gasteiger partial charge < -0.3 is 5.11 Å². The van der Waals surface area contributed by atoms with Gasteiger partial charge in [0.05, 0.1) is 11.8 Å². The molecule has 0 unspecified atom stereocenters. The van der Waals surface area contributed by atoms with E-state index in [2.05, 4.69) is 50.1 Å². The van der Waals surface area contributed by atoms with Crippen LogP contribution < -0.4 is 4.68 Å². The van der Waals surface area contributed by atoms with Gasteiger partial charge in [-0.05, 0) is 16.5 Å². The molecule has 0 aliphatic heterocycles. The van der Waals surface area contributed by atoms with Crippen molar-refractivity contribution in [1.29, 1.82) is 0 Å². The minimum atomic E-state index is 0.146. The molecule has 2 rings (SSSR count). The van der Waals surface area contributed by atoms with Crippen molar-refractivity contribution in [1.82, 2.24) is 5.10 Å². The molecule has 0 bridgehead atoms. The van der Waals surface area contributed by atoms with Gasteiger partial charge in [-0.1, -0.05) is 45.0 Å². The van der Waals surface area contributed by atoms with Crippen LogP contribution in [0.25, 0.3) is 11.1 Å². The maximum absolute atomic E-state index is 8.88. The standard InChI is InChI=1S/C15H20N2O/c1-15(2,3)14-6-4-12(5-7-14)13-10-16-17(11-13)8-9-18/h4-7,10-11,18H,8-9H2,1-3H3/p+1. The maximum atomic E-state index is 8.88.